The number of hydrogen-bond acceptors (Lipinski definition) is 5. The molecule has 32 heavy (non-hydrogen) atoms. The molecule has 3 aromatic rings. The summed E-state index contributed by atoms with van der Waals surface area (Å²) in [6, 6.07) is 18.5. The first-order chi connectivity index (χ1) is 15.6. The van der Waals surface area contributed by atoms with Gasteiger partial charge in [0.2, 0.25) is 5.91 Å². The number of H-pyrrole nitrogens is 1. The fraction of sp³-hybridized carbons (Fsp3) is 0.375. The standard InChI is InChI=1S/C24H29N5O2S/c1-18-7-9-20(10-8-18)23-26-27-24(32)29(23)12-11-22(30)25-15-21-17-28(13-14-31-21)16-19-5-3-2-4-6-19/h2-10,21H,11-17H2,1H3,(H,25,30)(H,27,32). The summed E-state index contributed by atoms with van der Waals surface area (Å²) < 4.78 is 8.25. The van der Waals surface area contributed by atoms with Crippen molar-refractivity contribution in [1.82, 2.24) is 25.0 Å². The van der Waals surface area contributed by atoms with E-state index >= 15 is 0 Å². The van der Waals surface area contributed by atoms with E-state index in [1.807, 2.05) is 41.8 Å². The zero-order valence-corrected chi connectivity index (χ0v) is 19.1. The summed E-state index contributed by atoms with van der Waals surface area (Å²) in [5, 5.41) is 10.2. The molecule has 1 aliphatic heterocycles. The number of hydrogen-bond donors (Lipinski definition) is 2. The van der Waals surface area contributed by atoms with Crippen LogP contribution < -0.4 is 5.32 Å². The molecule has 2 heterocycles. The lowest BCUT2D eigenvalue weighted by atomic mass is 10.1. The van der Waals surface area contributed by atoms with Gasteiger partial charge in [-0.2, -0.15) is 5.10 Å². The molecule has 0 bridgehead atoms. The monoisotopic (exact) mass is 451 g/mol. The molecule has 0 radical (unpaired) electrons. The molecule has 1 fully saturated rings. The summed E-state index contributed by atoms with van der Waals surface area (Å²) >= 11 is 5.37. The third kappa shape index (κ3) is 5.91. The Bertz CT molecular complexity index is 1080. The highest BCUT2D eigenvalue weighted by molar-refractivity contribution is 7.71. The maximum Gasteiger partial charge on any atom is 0.221 e. The Hall–Kier alpha value is -2.81. The molecule has 7 nitrogen and oxygen atoms in total. The summed E-state index contributed by atoms with van der Waals surface area (Å²) in [6.07, 6.45) is 0.322. The van der Waals surface area contributed by atoms with Crippen molar-refractivity contribution in [2.75, 3.05) is 26.2 Å². The van der Waals surface area contributed by atoms with Crippen LogP contribution in [0.2, 0.25) is 0 Å². The smallest absolute Gasteiger partial charge is 0.221 e. The maximum absolute atomic E-state index is 12.5. The topological polar surface area (TPSA) is 75.2 Å². The van der Waals surface area contributed by atoms with Crippen LogP contribution in [0, 0.1) is 11.7 Å². The number of morpholine rings is 1. The van der Waals surface area contributed by atoms with Crippen molar-refractivity contribution in [2.45, 2.75) is 32.5 Å². The Morgan fingerprint density at radius 3 is 2.78 bits per heavy atom. The fourth-order valence-corrected chi connectivity index (χ4v) is 4.09. The van der Waals surface area contributed by atoms with Gasteiger partial charge in [-0.3, -0.25) is 19.4 Å². The number of carbonyl (C=O) groups is 1. The van der Waals surface area contributed by atoms with Gasteiger partial charge in [-0.1, -0.05) is 60.2 Å². The van der Waals surface area contributed by atoms with Crippen molar-refractivity contribution in [1.29, 1.82) is 0 Å². The average molecular weight is 452 g/mol. The first kappa shape index (κ1) is 22.4. The van der Waals surface area contributed by atoms with E-state index in [2.05, 4.69) is 44.7 Å². The van der Waals surface area contributed by atoms with Gasteiger partial charge in [-0.15, -0.1) is 0 Å². The summed E-state index contributed by atoms with van der Waals surface area (Å²) in [4.78, 5) is 14.9. The van der Waals surface area contributed by atoms with Crippen LogP contribution in [-0.2, 0) is 22.6 Å². The minimum atomic E-state index is -0.0215. The first-order valence-corrected chi connectivity index (χ1v) is 11.4. The van der Waals surface area contributed by atoms with E-state index in [9.17, 15) is 4.79 Å². The van der Waals surface area contributed by atoms with Crippen molar-refractivity contribution in [3.63, 3.8) is 0 Å². The Morgan fingerprint density at radius 1 is 1.22 bits per heavy atom. The molecule has 2 N–H and O–H groups in total. The van der Waals surface area contributed by atoms with Gasteiger partial charge in [0.1, 0.15) is 0 Å². The molecule has 1 amide bonds. The second kappa shape index (κ2) is 10.7. The molecule has 1 aromatic heterocycles. The van der Waals surface area contributed by atoms with E-state index in [1.54, 1.807) is 0 Å². The van der Waals surface area contributed by atoms with Crippen molar-refractivity contribution >= 4 is 18.1 Å². The number of benzene rings is 2. The molecule has 0 aliphatic carbocycles. The molecule has 0 saturated carbocycles. The Labute approximate surface area is 193 Å². The zero-order valence-electron chi connectivity index (χ0n) is 18.3. The molecule has 2 aromatic carbocycles. The van der Waals surface area contributed by atoms with Gasteiger partial charge < -0.3 is 10.1 Å². The van der Waals surface area contributed by atoms with Crippen LogP contribution in [-0.4, -0.2) is 57.9 Å². The van der Waals surface area contributed by atoms with Crippen LogP contribution in [0.1, 0.15) is 17.5 Å². The molecular formula is C24H29N5O2S. The summed E-state index contributed by atoms with van der Waals surface area (Å²) in [5.41, 5.74) is 3.44. The van der Waals surface area contributed by atoms with Gasteiger partial charge in [0.15, 0.2) is 10.6 Å². The predicted molar refractivity (Wildman–Crippen MR) is 127 cm³/mol. The largest absolute Gasteiger partial charge is 0.374 e. The number of ether oxygens (including phenoxy) is 1. The number of aromatic nitrogens is 3. The number of nitrogens with one attached hydrogen (secondary N) is 2. The van der Waals surface area contributed by atoms with Crippen LogP contribution in [0.4, 0.5) is 0 Å². The maximum atomic E-state index is 12.5. The number of aromatic amines is 1. The van der Waals surface area contributed by atoms with Gasteiger partial charge >= 0.3 is 0 Å². The summed E-state index contributed by atoms with van der Waals surface area (Å²) in [6.45, 7) is 6.30. The molecule has 1 unspecified atom stereocenters. The summed E-state index contributed by atoms with van der Waals surface area (Å²) in [7, 11) is 0. The Kier molecular flexibility index (Phi) is 7.47. The van der Waals surface area contributed by atoms with Crippen LogP contribution in [0.25, 0.3) is 11.4 Å². The minimum absolute atomic E-state index is 0.00405. The van der Waals surface area contributed by atoms with Crippen LogP contribution >= 0.6 is 12.2 Å². The Morgan fingerprint density at radius 2 is 2.00 bits per heavy atom. The third-order valence-electron chi connectivity index (χ3n) is 5.63. The van der Waals surface area contributed by atoms with Gasteiger partial charge in [0.25, 0.3) is 0 Å². The molecular weight excluding hydrogens is 422 g/mol. The van der Waals surface area contributed by atoms with Crippen LogP contribution in [0.15, 0.2) is 54.6 Å². The minimum Gasteiger partial charge on any atom is -0.374 e. The first-order valence-electron chi connectivity index (χ1n) is 11.0. The van der Waals surface area contributed by atoms with E-state index in [4.69, 9.17) is 17.0 Å². The molecule has 1 saturated heterocycles. The highest BCUT2D eigenvalue weighted by atomic mass is 32.1. The van der Waals surface area contributed by atoms with Crippen molar-refractivity contribution < 1.29 is 9.53 Å². The predicted octanol–water partition coefficient (Wildman–Crippen LogP) is 3.32. The molecule has 1 aliphatic rings. The lowest BCUT2D eigenvalue weighted by Crippen LogP contribution is -2.47. The molecule has 4 rings (SSSR count). The highest BCUT2D eigenvalue weighted by Gasteiger charge is 2.21. The molecule has 1 atom stereocenters. The fourth-order valence-electron chi connectivity index (χ4n) is 3.87. The van der Waals surface area contributed by atoms with Crippen LogP contribution in [0.5, 0.6) is 0 Å². The van der Waals surface area contributed by atoms with E-state index in [0.717, 1.165) is 31.0 Å². The van der Waals surface area contributed by atoms with Crippen molar-refractivity contribution in [3.05, 3.63) is 70.5 Å². The van der Waals surface area contributed by atoms with E-state index in [0.29, 0.717) is 30.9 Å². The average Bonchev–Trinajstić information content (AvgIpc) is 3.18. The molecule has 0 spiro atoms. The van der Waals surface area contributed by atoms with Crippen molar-refractivity contribution in [3.8, 4) is 11.4 Å². The van der Waals surface area contributed by atoms with Crippen molar-refractivity contribution in [2.24, 2.45) is 0 Å². The number of rotatable bonds is 8. The number of nitrogens with zero attached hydrogens (tertiary/aromatic N) is 3. The second-order valence-electron chi connectivity index (χ2n) is 8.14. The quantitative estimate of drug-likeness (QED) is 0.514. The summed E-state index contributed by atoms with van der Waals surface area (Å²) in [5.74, 6) is 0.724. The van der Waals surface area contributed by atoms with Gasteiger partial charge in [-0.25, -0.2) is 0 Å². The van der Waals surface area contributed by atoms with Gasteiger partial charge in [0.05, 0.1) is 12.7 Å². The van der Waals surface area contributed by atoms with Gasteiger partial charge in [-0.05, 0) is 24.7 Å². The van der Waals surface area contributed by atoms with E-state index in [-0.39, 0.29) is 12.0 Å². The van der Waals surface area contributed by atoms with Gasteiger partial charge in [0, 0.05) is 44.7 Å². The number of amides is 1. The van der Waals surface area contributed by atoms with Crippen LogP contribution in [0.3, 0.4) is 0 Å². The van der Waals surface area contributed by atoms with E-state index in [1.165, 1.54) is 11.1 Å². The highest BCUT2D eigenvalue weighted by Crippen LogP contribution is 2.18. The third-order valence-corrected chi connectivity index (χ3v) is 5.94. The second-order valence-corrected chi connectivity index (χ2v) is 8.52. The SMILES string of the molecule is Cc1ccc(-c2n[nH]c(=S)n2CCC(=O)NCC2CN(Cc3ccccc3)CCO2)cc1. The molecule has 8 heteroatoms. The van der Waals surface area contributed by atoms with E-state index < -0.39 is 0 Å². The normalized spacial score (nSPS) is 16.7. The molecule has 168 valence electrons. The zero-order chi connectivity index (χ0) is 22.3. The lowest BCUT2D eigenvalue weighted by molar-refractivity contribution is -0.122. The lowest BCUT2D eigenvalue weighted by Gasteiger charge is -2.33. The number of aryl methyl sites for hydroxylation is 1. The number of carbonyl (C=O) groups excluding carboxylic acids is 1. The Balaban J connectivity index is 1.26.